The third-order valence-corrected chi connectivity index (χ3v) is 4.51. The molecule has 0 aliphatic rings. The summed E-state index contributed by atoms with van der Waals surface area (Å²) in [6.45, 7) is 8.43. The maximum absolute atomic E-state index is 12.1. The van der Waals surface area contributed by atoms with Crippen LogP contribution in [0.5, 0.6) is 0 Å². The van der Waals surface area contributed by atoms with Crippen molar-refractivity contribution >= 4 is 29.0 Å². The molecule has 2 aromatic rings. The summed E-state index contributed by atoms with van der Waals surface area (Å²) in [7, 11) is 0. The fraction of sp³-hybridized carbons (Fsp3) is 0.364. The molecule has 27 heavy (non-hydrogen) atoms. The Hall–Kier alpha value is -2.40. The van der Waals surface area contributed by atoms with E-state index < -0.39 is 0 Å². The van der Waals surface area contributed by atoms with Gasteiger partial charge in [0.1, 0.15) is 0 Å². The maximum Gasteiger partial charge on any atom is 0.338 e. The molecule has 1 unspecified atom stereocenters. The molecule has 144 valence electrons. The second kappa shape index (κ2) is 10.1. The molecule has 2 rings (SSSR count). The molecular weight excluding hydrogens is 356 g/mol. The predicted octanol–water partition coefficient (Wildman–Crippen LogP) is 5.25. The normalized spacial score (nSPS) is 11.7. The van der Waals surface area contributed by atoms with Crippen molar-refractivity contribution in [2.45, 2.75) is 40.2 Å². The quantitative estimate of drug-likeness (QED) is 0.505. The van der Waals surface area contributed by atoms with Gasteiger partial charge in [0, 0.05) is 5.69 Å². The summed E-state index contributed by atoms with van der Waals surface area (Å²) < 4.78 is 5.12. The summed E-state index contributed by atoms with van der Waals surface area (Å²) in [5, 5.41) is 7.19. The minimum Gasteiger partial charge on any atom is -0.462 e. The van der Waals surface area contributed by atoms with Gasteiger partial charge >= 0.3 is 5.97 Å². The van der Waals surface area contributed by atoms with E-state index in [0.717, 1.165) is 17.7 Å². The number of hydrogen-bond acceptors (Lipinski definition) is 3. The number of nitrogens with one attached hydrogen (secondary N) is 2. The summed E-state index contributed by atoms with van der Waals surface area (Å²) in [5.74, 6) is 0.207. The molecule has 0 radical (unpaired) electrons. The topological polar surface area (TPSA) is 50.4 Å². The molecule has 0 spiro atoms. The number of carbonyl (C=O) groups is 1. The summed E-state index contributed by atoms with van der Waals surface area (Å²) in [6.07, 6.45) is 0.966. The minimum absolute atomic E-state index is 0.125. The lowest BCUT2D eigenvalue weighted by atomic mass is 9.97. The molecule has 0 aliphatic carbocycles. The van der Waals surface area contributed by atoms with Crippen LogP contribution in [0.3, 0.4) is 0 Å². The van der Waals surface area contributed by atoms with Crippen LogP contribution in [0.1, 0.15) is 54.7 Å². The molecule has 0 saturated carbocycles. The van der Waals surface area contributed by atoms with Crippen LogP contribution in [0.15, 0.2) is 48.5 Å². The first-order chi connectivity index (χ1) is 12.9. The Kier molecular flexibility index (Phi) is 7.80. The zero-order valence-corrected chi connectivity index (χ0v) is 17.2. The van der Waals surface area contributed by atoms with Crippen LogP contribution in [-0.4, -0.2) is 17.7 Å². The third kappa shape index (κ3) is 6.07. The van der Waals surface area contributed by atoms with Crippen molar-refractivity contribution in [3.63, 3.8) is 0 Å². The van der Waals surface area contributed by atoms with E-state index in [2.05, 4.69) is 36.6 Å². The molecule has 0 aromatic heterocycles. The van der Waals surface area contributed by atoms with Gasteiger partial charge in [-0.1, -0.05) is 50.2 Å². The lowest BCUT2D eigenvalue weighted by molar-refractivity contribution is 0.0525. The smallest absolute Gasteiger partial charge is 0.338 e. The van der Waals surface area contributed by atoms with Crippen molar-refractivity contribution in [2.75, 3.05) is 11.9 Å². The monoisotopic (exact) mass is 384 g/mol. The first kappa shape index (κ1) is 20.9. The number of esters is 1. The van der Waals surface area contributed by atoms with E-state index in [-0.39, 0.29) is 12.0 Å². The fourth-order valence-electron chi connectivity index (χ4n) is 2.95. The summed E-state index contributed by atoms with van der Waals surface area (Å²) in [6, 6.07) is 15.9. The van der Waals surface area contributed by atoms with Gasteiger partial charge < -0.3 is 15.4 Å². The van der Waals surface area contributed by atoms with Crippen LogP contribution in [0.25, 0.3) is 0 Å². The molecule has 0 bridgehead atoms. The van der Waals surface area contributed by atoms with Crippen molar-refractivity contribution < 1.29 is 9.53 Å². The van der Waals surface area contributed by atoms with Crippen molar-refractivity contribution in [3.8, 4) is 0 Å². The second-order valence-corrected chi connectivity index (χ2v) is 7.30. The van der Waals surface area contributed by atoms with E-state index in [0.29, 0.717) is 23.2 Å². The Labute approximate surface area is 167 Å². The molecule has 0 aliphatic heterocycles. The number of anilines is 1. The molecule has 0 fully saturated rings. The minimum atomic E-state index is -0.320. The highest BCUT2D eigenvalue weighted by molar-refractivity contribution is 7.80. The molecule has 0 saturated heterocycles. The van der Waals surface area contributed by atoms with E-state index in [4.69, 9.17) is 17.0 Å². The number of carbonyl (C=O) groups excluding carboxylic acids is 1. The van der Waals surface area contributed by atoms with Crippen molar-refractivity contribution in [2.24, 2.45) is 5.92 Å². The average molecular weight is 385 g/mol. The van der Waals surface area contributed by atoms with E-state index in [9.17, 15) is 4.79 Å². The summed E-state index contributed by atoms with van der Waals surface area (Å²) in [5.41, 5.74) is 3.37. The van der Waals surface area contributed by atoms with E-state index in [1.165, 1.54) is 5.56 Å². The van der Waals surface area contributed by atoms with Gasteiger partial charge in [0.05, 0.1) is 18.2 Å². The number of hydrogen-bond donors (Lipinski definition) is 2. The molecule has 4 nitrogen and oxygen atoms in total. The van der Waals surface area contributed by atoms with E-state index >= 15 is 0 Å². The molecule has 2 N–H and O–H groups in total. The van der Waals surface area contributed by atoms with E-state index in [1.807, 2.05) is 37.3 Å². The number of ether oxygens (including phenoxy) is 1. The zero-order valence-electron chi connectivity index (χ0n) is 16.4. The van der Waals surface area contributed by atoms with Crippen LogP contribution in [0.4, 0.5) is 5.69 Å². The highest BCUT2D eigenvalue weighted by Crippen LogP contribution is 2.23. The lowest BCUT2D eigenvalue weighted by Gasteiger charge is -2.23. The standard InChI is InChI=1S/C22H28N2O2S/c1-5-26-21(25)18-12-9-13-19(16(18)4)23-22(27)24-20(14-15(2)3)17-10-7-6-8-11-17/h6-13,15,20H,5,14H2,1-4H3,(H2,23,24,27). The lowest BCUT2D eigenvalue weighted by Crippen LogP contribution is -2.33. The van der Waals surface area contributed by atoms with Gasteiger partial charge in [-0.25, -0.2) is 4.79 Å². The molecular formula is C22H28N2O2S. The molecule has 2 aromatic carbocycles. The Balaban J connectivity index is 2.14. The van der Waals surface area contributed by atoms with Gasteiger partial charge in [0.15, 0.2) is 5.11 Å². The molecule has 5 heteroatoms. The van der Waals surface area contributed by atoms with Crippen LogP contribution in [-0.2, 0) is 4.74 Å². The maximum atomic E-state index is 12.1. The Morgan fingerprint density at radius 1 is 1.11 bits per heavy atom. The van der Waals surface area contributed by atoms with Gasteiger partial charge in [0.25, 0.3) is 0 Å². The molecule has 0 amide bonds. The summed E-state index contributed by atoms with van der Waals surface area (Å²) in [4.78, 5) is 12.1. The average Bonchev–Trinajstić information content (AvgIpc) is 2.63. The van der Waals surface area contributed by atoms with E-state index in [1.54, 1.807) is 13.0 Å². The van der Waals surface area contributed by atoms with Gasteiger partial charge in [0.2, 0.25) is 0 Å². The predicted molar refractivity (Wildman–Crippen MR) is 115 cm³/mol. The van der Waals surface area contributed by atoms with Crippen LogP contribution >= 0.6 is 12.2 Å². The van der Waals surface area contributed by atoms with Gasteiger partial charge in [-0.3, -0.25) is 0 Å². The van der Waals surface area contributed by atoms with Crippen LogP contribution < -0.4 is 10.6 Å². The molecule has 1 atom stereocenters. The van der Waals surface area contributed by atoms with Crippen molar-refractivity contribution in [1.29, 1.82) is 0 Å². The summed E-state index contributed by atoms with van der Waals surface area (Å²) >= 11 is 5.55. The van der Waals surface area contributed by atoms with Crippen molar-refractivity contribution in [1.82, 2.24) is 5.32 Å². The highest BCUT2D eigenvalue weighted by Gasteiger charge is 2.16. The second-order valence-electron chi connectivity index (χ2n) is 6.89. The van der Waals surface area contributed by atoms with Crippen LogP contribution in [0, 0.1) is 12.8 Å². The third-order valence-electron chi connectivity index (χ3n) is 4.29. The first-order valence-electron chi connectivity index (χ1n) is 9.31. The SMILES string of the molecule is CCOC(=O)c1cccc(NC(=S)NC(CC(C)C)c2ccccc2)c1C. The van der Waals surface area contributed by atoms with Crippen LogP contribution in [0.2, 0.25) is 0 Å². The van der Waals surface area contributed by atoms with Gasteiger partial charge in [-0.05, 0) is 61.7 Å². The molecule has 0 heterocycles. The van der Waals surface area contributed by atoms with Gasteiger partial charge in [-0.2, -0.15) is 0 Å². The highest BCUT2D eigenvalue weighted by atomic mass is 32.1. The van der Waals surface area contributed by atoms with Crippen molar-refractivity contribution in [3.05, 3.63) is 65.2 Å². The Bertz CT molecular complexity index is 775. The number of thiocarbonyl (C=S) groups is 1. The number of rotatable bonds is 7. The Morgan fingerprint density at radius 3 is 2.44 bits per heavy atom. The first-order valence-corrected chi connectivity index (χ1v) is 9.72. The number of benzene rings is 2. The fourth-order valence-corrected chi connectivity index (χ4v) is 3.20. The largest absolute Gasteiger partial charge is 0.462 e. The van der Waals surface area contributed by atoms with Gasteiger partial charge in [-0.15, -0.1) is 0 Å². The Morgan fingerprint density at radius 2 is 1.81 bits per heavy atom. The zero-order chi connectivity index (χ0) is 19.8.